The van der Waals surface area contributed by atoms with Crippen molar-refractivity contribution in [1.29, 1.82) is 0 Å². The molecule has 0 bridgehead atoms. The molecule has 0 aliphatic rings. The summed E-state index contributed by atoms with van der Waals surface area (Å²) in [7, 11) is 0. The van der Waals surface area contributed by atoms with Crippen molar-refractivity contribution in [3.63, 3.8) is 0 Å². The predicted octanol–water partition coefficient (Wildman–Crippen LogP) is 2.58. The number of halogens is 1. The van der Waals surface area contributed by atoms with E-state index in [2.05, 4.69) is 15.3 Å². The molecule has 1 aromatic heterocycles. The summed E-state index contributed by atoms with van der Waals surface area (Å²) in [6.07, 6.45) is 3.20. The fraction of sp³-hybridized carbons (Fsp3) is 0.100. The molecule has 0 spiro atoms. The number of nitro groups is 1. The zero-order valence-electron chi connectivity index (χ0n) is 8.68. The second-order valence-corrected chi connectivity index (χ2v) is 3.79. The molecule has 7 heteroatoms. The summed E-state index contributed by atoms with van der Waals surface area (Å²) in [5.74, 6) is 0. The van der Waals surface area contributed by atoms with Gasteiger partial charge in [-0.15, -0.1) is 0 Å². The Balaban J connectivity index is 2.17. The maximum absolute atomic E-state index is 10.8. The van der Waals surface area contributed by atoms with E-state index in [0.717, 1.165) is 5.69 Å². The lowest BCUT2D eigenvalue weighted by Crippen LogP contribution is -2.02. The minimum absolute atomic E-state index is 0.0444. The number of aromatic amines is 1. The molecule has 0 saturated heterocycles. The van der Waals surface area contributed by atoms with Crippen molar-refractivity contribution in [2.45, 2.75) is 6.54 Å². The summed E-state index contributed by atoms with van der Waals surface area (Å²) in [6, 6.07) is 4.50. The summed E-state index contributed by atoms with van der Waals surface area (Å²) in [6.45, 7) is 0.433. The van der Waals surface area contributed by atoms with E-state index in [1.807, 2.05) is 0 Å². The van der Waals surface area contributed by atoms with Gasteiger partial charge < -0.3 is 10.3 Å². The quantitative estimate of drug-likeness (QED) is 0.647. The van der Waals surface area contributed by atoms with E-state index in [1.54, 1.807) is 24.7 Å². The molecule has 2 N–H and O–H groups in total. The first kappa shape index (κ1) is 11.4. The van der Waals surface area contributed by atoms with Crippen LogP contribution in [0.3, 0.4) is 0 Å². The van der Waals surface area contributed by atoms with Gasteiger partial charge in [0.15, 0.2) is 0 Å². The molecular formula is C10H9ClN4O2. The predicted molar refractivity (Wildman–Crippen MR) is 64.0 cm³/mol. The van der Waals surface area contributed by atoms with Gasteiger partial charge in [0, 0.05) is 17.3 Å². The first-order valence-corrected chi connectivity index (χ1v) is 5.19. The number of aromatic nitrogens is 2. The minimum Gasteiger partial charge on any atom is -0.374 e. The van der Waals surface area contributed by atoms with Gasteiger partial charge >= 0.3 is 0 Å². The van der Waals surface area contributed by atoms with E-state index in [4.69, 9.17) is 11.6 Å². The summed E-state index contributed by atoms with van der Waals surface area (Å²) in [4.78, 5) is 17.1. The second kappa shape index (κ2) is 4.84. The number of rotatable bonds is 4. The molecule has 0 aliphatic carbocycles. The Morgan fingerprint density at radius 1 is 1.53 bits per heavy atom. The number of imidazole rings is 1. The molecule has 0 aliphatic heterocycles. The summed E-state index contributed by atoms with van der Waals surface area (Å²) in [5, 5.41) is 14.1. The number of hydrogen-bond acceptors (Lipinski definition) is 4. The van der Waals surface area contributed by atoms with Gasteiger partial charge in [0.05, 0.1) is 23.5 Å². The van der Waals surface area contributed by atoms with Crippen LogP contribution in [0.5, 0.6) is 0 Å². The Morgan fingerprint density at radius 3 is 3.00 bits per heavy atom. The molecule has 6 nitrogen and oxygen atoms in total. The number of H-pyrrole nitrogens is 1. The van der Waals surface area contributed by atoms with Crippen LogP contribution in [0.25, 0.3) is 0 Å². The first-order valence-electron chi connectivity index (χ1n) is 4.82. The number of nitro benzene ring substituents is 1. The largest absolute Gasteiger partial charge is 0.374 e. The molecule has 0 radical (unpaired) electrons. The first-order chi connectivity index (χ1) is 8.16. The Morgan fingerprint density at radius 2 is 2.35 bits per heavy atom. The van der Waals surface area contributed by atoms with Gasteiger partial charge in [-0.05, 0) is 12.1 Å². The smallest absolute Gasteiger partial charge is 0.293 e. The van der Waals surface area contributed by atoms with Crippen LogP contribution in [0.1, 0.15) is 5.69 Å². The molecule has 0 unspecified atom stereocenters. The van der Waals surface area contributed by atoms with Crippen LogP contribution in [-0.4, -0.2) is 14.9 Å². The van der Waals surface area contributed by atoms with Gasteiger partial charge in [0.2, 0.25) is 0 Å². The molecule has 0 saturated carbocycles. The fourth-order valence-corrected chi connectivity index (χ4v) is 1.54. The van der Waals surface area contributed by atoms with Crippen molar-refractivity contribution >= 4 is 23.0 Å². The van der Waals surface area contributed by atoms with E-state index in [0.29, 0.717) is 17.3 Å². The van der Waals surface area contributed by atoms with Crippen LogP contribution < -0.4 is 5.32 Å². The zero-order chi connectivity index (χ0) is 12.3. The topological polar surface area (TPSA) is 83.8 Å². The van der Waals surface area contributed by atoms with Crippen molar-refractivity contribution in [3.8, 4) is 0 Å². The normalized spacial score (nSPS) is 10.2. The number of nitrogens with zero attached hydrogens (tertiary/aromatic N) is 2. The van der Waals surface area contributed by atoms with Gasteiger partial charge in [-0.1, -0.05) is 11.6 Å². The van der Waals surface area contributed by atoms with Crippen molar-refractivity contribution in [2.24, 2.45) is 0 Å². The maximum Gasteiger partial charge on any atom is 0.293 e. The molecule has 0 atom stereocenters. The van der Waals surface area contributed by atoms with Crippen molar-refractivity contribution in [2.75, 3.05) is 5.32 Å². The Kier molecular flexibility index (Phi) is 3.24. The highest BCUT2D eigenvalue weighted by atomic mass is 35.5. The van der Waals surface area contributed by atoms with Crippen molar-refractivity contribution < 1.29 is 4.92 Å². The Bertz CT molecular complexity index is 527. The Labute approximate surface area is 102 Å². The summed E-state index contributed by atoms with van der Waals surface area (Å²) in [5.41, 5.74) is 1.22. The highest BCUT2D eigenvalue weighted by molar-refractivity contribution is 6.30. The molecule has 0 amide bonds. The number of anilines is 1. The summed E-state index contributed by atoms with van der Waals surface area (Å²) >= 11 is 5.71. The van der Waals surface area contributed by atoms with Crippen LogP contribution in [0.2, 0.25) is 5.02 Å². The number of nitrogens with one attached hydrogen (secondary N) is 2. The third-order valence-electron chi connectivity index (χ3n) is 2.18. The molecule has 0 fully saturated rings. The number of hydrogen-bond donors (Lipinski definition) is 2. The van der Waals surface area contributed by atoms with E-state index < -0.39 is 4.92 Å². The monoisotopic (exact) mass is 252 g/mol. The molecule has 2 rings (SSSR count). The summed E-state index contributed by atoms with van der Waals surface area (Å²) < 4.78 is 0. The average molecular weight is 253 g/mol. The minimum atomic E-state index is -0.471. The highest BCUT2D eigenvalue weighted by Crippen LogP contribution is 2.27. The lowest BCUT2D eigenvalue weighted by molar-refractivity contribution is -0.383. The van der Waals surface area contributed by atoms with Gasteiger partial charge in [-0.3, -0.25) is 10.1 Å². The van der Waals surface area contributed by atoms with Gasteiger partial charge in [0.25, 0.3) is 5.69 Å². The average Bonchev–Trinajstić information content (AvgIpc) is 2.80. The molecule has 1 aromatic carbocycles. The van der Waals surface area contributed by atoms with Crippen molar-refractivity contribution in [3.05, 3.63) is 51.6 Å². The van der Waals surface area contributed by atoms with Crippen LogP contribution in [0.4, 0.5) is 11.4 Å². The standard InChI is InChI=1S/C10H9ClN4O2/c11-7-1-2-9(10(3-7)15(16)17)13-5-8-4-12-6-14-8/h1-4,6,13H,5H2,(H,12,14). The van der Waals surface area contributed by atoms with E-state index in [9.17, 15) is 10.1 Å². The Hall–Kier alpha value is -2.08. The van der Waals surface area contributed by atoms with Crippen LogP contribution in [0.15, 0.2) is 30.7 Å². The maximum atomic E-state index is 10.8. The van der Waals surface area contributed by atoms with E-state index >= 15 is 0 Å². The molecule has 1 heterocycles. The second-order valence-electron chi connectivity index (χ2n) is 3.35. The molecule has 2 aromatic rings. The van der Waals surface area contributed by atoms with Crippen molar-refractivity contribution in [1.82, 2.24) is 9.97 Å². The zero-order valence-corrected chi connectivity index (χ0v) is 9.44. The van der Waals surface area contributed by atoms with Crippen LogP contribution in [-0.2, 0) is 6.54 Å². The third-order valence-corrected chi connectivity index (χ3v) is 2.42. The third kappa shape index (κ3) is 2.73. The van der Waals surface area contributed by atoms with Gasteiger partial charge in [-0.25, -0.2) is 4.98 Å². The SMILES string of the molecule is O=[N+]([O-])c1cc(Cl)ccc1NCc1cnc[nH]1. The molecule has 17 heavy (non-hydrogen) atoms. The van der Waals surface area contributed by atoms with Crippen LogP contribution >= 0.6 is 11.6 Å². The molecule has 88 valence electrons. The highest BCUT2D eigenvalue weighted by Gasteiger charge is 2.13. The lowest BCUT2D eigenvalue weighted by atomic mass is 10.2. The van der Waals surface area contributed by atoms with Crippen LogP contribution in [0, 0.1) is 10.1 Å². The van der Waals surface area contributed by atoms with Gasteiger partial charge in [-0.2, -0.15) is 0 Å². The number of benzene rings is 1. The van der Waals surface area contributed by atoms with E-state index in [-0.39, 0.29) is 5.69 Å². The molecular weight excluding hydrogens is 244 g/mol. The van der Waals surface area contributed by atoms with E-state index in [1.165, 1.54) is 6.07 Å². The van der Waals surface area contributed by atoms with Gasteiger partial charge in [0.1, 0.15) is 5.69 Å². The lowest BCUT2D eigenvalue weighted by Gasteiger charge is -2.05. The fourth-order valence-electron chi connectivity index (χ4n) is 1.38.